The molecule has 5 heteroatoms. The lowest BCUT2D eigenvalue weighted by Crippen LogP contribution is -2.40. The number of rotatable bonds is 3. The van der Waals surface area contributed by atoms with Gasteiger partial charge in [0.1, 0.15) is 5.01 Å². The third kappa shape index (κ3) is 3.43. The molecule has 1 aromatic rings. The van der Waals surface area contributed by atoms with Crippen LogP contribution >= 0.6 is 11.3 Å². The van der Waals surface area contributed by atoms with Crippen LogP contribution in [0, 0.1) is 13.8 Å². The fourth-order valence-electron chi connectivity index (χ4n) is 2.08. The van der Waals surface area contributed by atoms with Crippen LogP contribution in [-0.4, -0.2) is 17.1 Å². The molecule has 0 spiro atoms. The summed E-state index contributed by atoms with van der Waals surface area (Å²) in [5.41, 5.74) is 1.06. The maximum absolute atomic E-state index is 11.6. The van der Waals surface area contributed by atoms with Gasteiger partial charge in [0.15, 0.2) is 0 Å². The van der Waals surface area contributed by atoms with E-state index in [4.69, 9.17) is 0 Å². The Kier molecular flexibility index (Phi) is 3.99. The number of nitrogens with zero attached hydrogens (tertiary/aromatic N) is 1. The number of urea groups is 1. The van der Waals surface area contributed by atoms with Gasteiger partial charge in [-0.05, 0) is 26.7 Å². The van der Waals surface area contributed by atoms with E-state index < -0.39 is 0 Å². The third-order valence-electron chi connectivity index (χ3n) is 3.16. The van der Waals surface area contributed by atoms with E-state index in [-0.39, 0.29) is 6.03 Å². The van der Waals surface area contributed by atoms with E-state index in [1.54, 1.807) is 11.3 Å². The molecule has 0 atom stereocenters. The molecule has 1 saturated carbocycles. The number of hydrogen-bond acceptors (Lipinski definition) is 3. The van der Waals surface area contributed by atoms with Gasteiger partial charge in [0, 0.05) is 10.9 Å². The molecule has 1 aliphatic rings. The van der Waals surface area contributed by atoms with Crippen LogP contribution in [0.2, 0.25) is 0 Å². The lowest BCUT2D eigenvalue weighted by molar-refractivity contribution is 0.236. The molecule has 94 valence electrons. The molecule has 1 fully saturated rings. The minimum absolute atomic E-state index is 0.0672. The highest BCUT2D eigenvalue weighted by Gasteiger charge is 2.16. The Labute approximate surface area is 106 Å². The molecule has 4 nitrogen and oxygen atoms in total. The maximum atomic E-state index is 11.6. The van der Waals surface area contributed by atoms with Crippen LogP contribution in [0.25, 0.3) is 0 Å². The van der Waals surface area contributed by atoms with Gasteiger partial charge in [-0.2, -0.15) is 0 Å². The van der Waals surface area contributed by atoms with E-state index in [1.807, 2.05) is 6.92 Å². The molecule has 0 saturated heterocycles. The summed E-state index contributed by atoms with van der Waals surface area (Å²) in [4.78, 5) is 17.2. The van der Waals surface area contributed by atoms with Crippen LogP contribution < -0.4 is 10.6 Å². The molecule has 1 aromatic heterocycles. The van der Waals surface area contributed by atoms with Gasteiger partial charge in [-0.25, -0.2) is 9.78 Å². The Bertz CT molecular complexity index is 377. The van der Waals surface area contributed by atoms with Gasteiger partial charge in [-0.3, -0.25) is 0 Å². The van der Waals surface area contributed by atoms with Gasteiger partial charge in [0.25, 0.3) is 0 Å². The zero-order chi connectivity index (χ0) is 12.3. The molecule has 1 heterocycles. The number of amides is 2. The van der Waals surface area contributed by atoms with Crippen molar-refractivity contribution < 1.29 is 4.79 Å². The first kappa shape index (κ1) is 12.4. The highest BCUT2D eigenvalue weighted by molar-refractivity contribution is 7.11. The number of aryl methyl sites for hydroxylation is 2. The number of hydrogen-bond donors (Lipinski definition) is 2. The molecular weight excluding hydrogens is 234 g/mol. The van der Waals surface area contributed by atoms with E-state index in [1.165, 1.54) is 17.7 Å². The van der Waals surface area contributed by atoms with Crippen molar-refractivity contribution in [2.45, 2.75) is 52.1 Å². The normalized spacial score (nSPS) is 16.1. The second-order valence-corrected chi connectivity index (χ2v) is 5.85. The number of carbonyl (C=O) groups is 1. The van der Waals surface area contributed by atoms with E-state index in [0.29, 0.717) is 12.6 Å². The molecule has 2 N–H and O–H groups in total. The molecule has 2 rings (SSSR count). The van der Waals surface area contributed by atoms with E-state index in [2.05, 4.69) is 22.5 Å². The van der Waals surface area contributed by atoms with Gasteiger partial charge in [-0.15, -0.1) is 11.3 Å². The van der Waals surface area contributed by atoms with Crippen LogP contribution in [0.15, 0.2) is 0 Å². The highest BCUT2D eigenvalue weighted by atomic mass is 32.1. The average molecular weight is 253 g/mol. The summed E-state index contributed by atoms with van der Waals surface area (Å²) in [5, 5.41) is 6.84. The summed E-state index contributed by atoms with van der Waals surface area (Å²) >= 11 is 1.65. The highest BCUT2D eigenvalue weighted by Crippen LogP contribution is 2.18. The first-order valence-corrected chi connectivity index (χ1v) is 6.94. The summed E-state index contributed by atoms with van der Waals surface area (Å²) in [6.45, 7) is 4.57. The van der Waals surface area contributed by atoms with Crippen molar-refractivity contribution in [1.82, 2.24) is 15.6 Å². The van der Waals surface area contributed by atoms with Crippen LogP contribution in [-0.2, 0) is 6.54 Å². The first-order valence-electron chi connectivity index (χ1n) is 6.12. The van der Waals surface area contributed by atoms with Crippen LogP contribution in [0.4, 0.5) is 4.79 Å². The van der Waals surface area contributed by atoms with Crippen molar-refractivity contribution in [3.8, 4) is 0 Å². The molecule has 17 heavy (non-hydrogen) atoms. The summed E-state index contributed by atoms with van der Waals surface area (Å²) in [6.07, 6.45) is 4.69. The smallest absolute Gasteiger partial charge is 0.315 e. The minimum Gasteiger partial charge on any atom is -0.335 e. The second-order valence-electron chi connectivity index (χ2n) is 4.56. The average Bonchev–Trinajstić information content (AvgIpc) is 2.87. The Morgan fingerprint density at radius 1 is 1.41 bits per heavy atom. The molecule has 1 aliphatic carbocycles. The van der Waals surface area contributed by atoms with Gasteiger partial charge >= 0.3 is 6.03 Å². The predicted octanol–water partition coefficient (Wildman–Crippen LogP) is 2.50. The summed E-state index contributed by atoms with van der Waals surface area (Å²) < 4.78 is 0. The largest absolute Gasteiger partial charge is 0.335 e. The fraction of sp³-hybridized carbons (Fsp3) is 0.667. The van der Waals surface area contributed by atoms with Crippen LogP contribution in [0.5, 0.6) is 0 Å². The molecule has 0 unspecified atom stereocenters. The van der Waals surface area contributed by atoms with E-state index >= 15 is 0 Å². The Balaban J connectivity index is 1.75. The van der Waals surface area contributed by atoms with Gasteiger partial charge in [0.05, 0.1) is 12.2 Å². The molecule has 0 aromatic carbocycles. The maximum Gasteiger partial charge on any atom is 0.315 e. The van der Waals surface area contributed by atoms with Gasteiger partial charge in [-0.1, -0.05) is 12.8 Å². The molecular formula is C12H19N3OS. The molecule has 0 bridgehead atoms. The molecule has 2 amide bonds. The lowest BCUT2D eigenvalue weighted by Gasteiger charge is -2.12. The van der Waals surface area contributed by atoms with Crippen molar-refractivity contribution >= 4 is 17.4 Å². The monoisotopic (exact) mass is 253 g/mol. The lowest BCUT2D eigenvalue weighted by atomic mass is 10.2. The zero-order valence-corrected chi connectivity index (χ0v) is 11.2. The number of carbonyl (C=O) groups excluding carboxylic acids is 1. The van der Waals surface area contributed by atoms with Crippen molar-refractivity contribution in [2.75, 3.05) is 0 Å². The number of aromatic nitrogens is 1. The van der Waals surface area contributed by atoms with Crippen molar-refractivity contribution in [1.29, 1.82) is 0 Å². The number of thiazole rings is 1. The summed E-state index contributed by atoms with van der Waals surface area (Å²) in [6, 6.07) is 0.303. The number of nitrogens with one attached hydrogen (secondary N) is 2. The summed E-state index contributed by atoms with van der Waals surface area (Å²) in [5.74, 6) is 0. The zero-order valence-electron chi connectivity index (χ0n) is 10.4. The Hall–Kier alpha value is -1.10. The second kappa shape index (κ2) is 5.49. The van der Waals surface area contributed by atoms with Gasteiger partial charge < -0.3 is 10.6 Å². The molecule has 0 aliphatic heterocycles. The van der Waals surface area contributed by atoms with E-state index in [9.17, 15) is 4.79 Å². The van der Waals surface area contributed by atoms with E-state index in [0.717, 1.165) is 23.5 Å². The fourth-order valence-corrected chi connectivity index (χ4v) is 2.95. The third-order valence-corrected chi connectivity index (χ3v) is 4.24. The van der Waals surface area contributed by atoms with Gasteiger partial charge in [0.2, 0.25) is 0 Å². The van der Waals surface area contributed by atoms with Crippen LogP contribution in [0.1, 0.15) is 41.3 Å². The van der Waals surface area contributed by atoms with Crippen molar-refractivity contribution in [3.63, 3.8) is 0 Å². The Morgan fingerprint density at radius 3 is 2.71 bits per heavy atom. The topological polar surface area (TPSA) is 54.0 Å². The minimum atomic E-state index is -0.0672. The standard InChI is InChI=1S/C12H19N3OS/c1-8-9(2)17-11(14-8)7-13-12(16)15-10-5-3-4-6-10/h10H,3-7H2,1-2H3,(H2,13,15,16). The van der Waals surface area contributed by atoms with Crippen molar-refractivity contribution in [3.05, 3.63) is 15.6 Å². The van der Waals surface area contributed by atoms with Crippen LogP contribution in [0.3, 0.4) is 0 Å². The first-order chi connectivity index (χ1) is 8.15. The molecule has 0 radical (unpaired) electrons. The Morgan fingerprint density at radius 2 is 2.12 bits per heavy atom. The predicted molar refractivity (Wildman–Crippen MR) is 69.2 cm³/mol. The summed E-state index contributed by atoms with van der Waals surface area (Å²) in [7, 11) is 0. The SMILES string of the molecule is Cc1nc(CNC(=O)NC2CCCC2)sc1C. The quantitative estimate of drug-likeness (QED) is 0.869. The van der Waals surface area contributed by atoms with Crippen molar-refractivity contribution in [2.24, 2.45) is 0 Å².